The van der Waals surface area contributed by atoms with Crippen LogP contribution in [0, 0.1) is 0 Å². The zero-order valence-corrected chi connectivity index (χ0v) is 12.9. The van der Waals surface area contributed by atoms with E-state index in [1.54, 1.807) is 0 Å². The number of nitrogens with one attached hydrogen (secondary N) is 2. The number of nitrogens with zero attached hydrogens (tertiary/aromatic N) is 3. The van der Waals surface area contributed by atoms with Crippen LogP contribution < -0.4 is 15.4 Å². The van der Waals surface area contributed by atoms with Crippen molar-refractivity contribution in [2.45, 2.75) is 46.8 Å². The van der Waals surface area contributed by atoms with Gasteiger partial charge in [-0.25, -0.2) is 0 Å². The highest BCUT2D eigenvalue weighted by atomic mass is 16.5. The molecule has 1 heterocycles. The molecule has 1 aromatic heterocycles. The fourth-order valence-corrected chi connectivity index (χ4v) is 1.39. The minimum Gasteiger partial charge on any atom is -0.461 e. The van der Waals surface area contributed by atoms with Gasteiger partial charge in [-0.15, -0.1) is 0 Å². The normalized spacial score (nSPS) is 10.9. The zero-order chi connectivity index (χ0) is 15.0. The maximum Gasteiger partial charge on any atom is 0.323 e. The number of anilines is 2. The topological polar surface area (TPSA) is 81.2 Å². The molecule has 1 rings (SSSR count). The van der Waals surface area contributed by atoms with Gasteiger partial charge in [0, 0.05) is 13.1 Å². The van der Waals surface area contributed by atoms with Gasteiger partial charge in [-0.3, -0.25) is 0 Å². The minimum absolute atomic E-state index is 0.0176. The summed E-state index contributed by atoms with van der Waals surface area (Å²) in [6.45, 7) is 11.8. The van der Waals surface area contributed by atoms with Gasteiger partial charge >= 0.3 is 6.01 Å². The van der Waals surface area contributed by atoms with Crippen LogP contribution in [0.15, 0.2) is 0 Å². The first-order chi connectivity index (χ1) is 9.51. The lowest BCUT2D eigenvalue weighted by molar-refractivity contribution is 0.0869. The van der Waals surface area contributed by atoms with Crippen LogP contribution in [0.5, 0.6) is 6.01 Å². The van der Waals surface area contributed by atoms with Gasteiger partial charge in [0.2, 0.25) is 11.9 Å². The third-order valence-corrected chi connectivity index (χ3v) is 2.13. The largest absolute Gasteiger partial charge is 0.461 e. The van der Waals surface area contributed by atoms with E-state index in [0.29, 0.717) is 31.1 Å². The molecule has 0 amide bonds. The Morgan fingerprint density at radius 3 is 2.15 bits per heavy atom. The molecule has 0 bridgehead atoms. The average molecular weight is 283 g/mol. The Labute approximate surface area is 120 Å². The first-order valence-corrected chi connectivity index (χ1v) is 7.03. The molecular formula is C13H25N5O2. The molecule has 0 fully saturated rings. The highest BCUT2D eigenvalue weighted by molar-refractivity contribution is 5.35. The second kappa shape index (κ2) is 8.52. The molecular weight excluding hydrogens is 258 g/mol. The number of aromatic nitrogens is 3. The van der Waals surface area contributed by atoms with E-state index in [9.17, 15) is 0 Å². The molecule has 0 unspecified atom stereocenters. The number of hydrogen-bond acceptors (Lipinski definition) is 7. The summed E-state index contributed by atoms with van der Waals surface area (Å²) < 4.78 is 11.0. The Hall–Kier alpha value is -1.63. The van der Waals surface area contributed by atoms with E-state index in [1.807, 2.05) is 34.6 Å². The van der Waals surface area contributed by atoms with Crippen LogP contribution in [0.1, 0.15) is 34.6 Å². The summed E-state index contributed by atoms with van der Waals surface area (Å²) in [7, 11) is 0. The van der Waals surface area contributed by atoms with E-state index in [4.69, 9.17) is 9.47 Å². The monoisotopic (exact) mass is 283 g/mol. The Kier molecular flexibility index (Phi) is 7.00. The highest BCUT2D eigenvalue weighted by Crippen LogP contribution is 2.12. The molecule has 0 aliphatic rings. The first kappa shape index (κ1) is 16.4. The average Bonchev–Trinajstić information content (AvgIpc) is 2.34. The SMILES string of the molecule is CCNc1nc(NCCOC(C)C)nc(OC(C)C)n1. The van der Waals surface area contributed by atoms with Gasteiger partial charge in [0.1, 0.15) is 0 Å². The predicted molar refractivity (Wildman–Crippen MR) is 79.3 cm³/mol. The summed E-state index contributed by atoms with van der Waals surface area (Å²) in [6.07, 6.45) is 0.233. The maximum absolute atomic E-state index is 5.51. The van der Waals surface area contributed by atoms with Crippen LogP contribution in [0.3, 0.4) is 0 Å². The van der Waals surface area contributed by atoms with E-state index >= 15 is 0 Å². The summed E-state index contributed by atoms with van der Waals surface area (Å²) in [6, 6.07) is 0.318. The van der Waals surface area contributed by atoms with E-state index < -0.39 is 0 Å². The van der Waals surface area contributed by atoms with Gasteiger partial charge in [0.05, 0.1) is 18.8 Å². The summed E-state index contributed by atoms with van der Waals surface area (Å²) in [5, 5.41) is 6.16. The van der Waals surface area contributed by atoms with Crippen molar-refractivity contribution in [2.24, 2.45) is 0 Å². The van der Waals surface area contributed by atoms with Crippen LogP contribution >= 0.6 is 0 Å². The molecule has 20 heavy (non-hydrogen) atoms. The molecule has 7 nitrogen and oxygen atoms in total. The van der Waals surface area contributed by atoms with Gasteiger partial charge in [-0.2, -0.15) is 15.0 Å². The van der Waals surface area contributed by atoms with Crippen LogP contribution in [0.4, 0.5) is 11.9 Å². The zero-order valence-electron chi connectivity index (χ0n) is 12.9. The molecule has 0 saturated heterocycles. The molecule has 0 spiro atoms. The quantitative estimate of drug-likeness (QED) is 0.670. The Morgan fingerprint density at radius 2 is 1.60 bits per heavy atom. The smallest absolute Gasteiger partial charge is 0.323 e. The van der Waals surface area contributed by atoms with Crippen molar-refractivity contribution in [2.75, 3.05) is 30.3 Å². The second-order valence-corrected chi connectivity index (χ2v) is 4.81. The van der Waals surface area contributed by atoms with E-state index in [-0.39, 0.29) is 12.2 Å². The van der Waals surface area contributed by atoms with Gasteiger partial charge in [-0.1, -0.05) is 0 Å². The lowest BCUT2D eigenvalue weighted by Gasteiger charge is -2.12. The molecule has 2 N–H and O–H groups in total. The van der Waals surface area contributed by atoms with Crippen LogP contribution in [-0.4, -0.2) is 46.9 Å². The molecule has 7 heteroatoms. The minimum atomic E-state index is 0.0176. The van der Waals surface area contributed by atoms with Gasteiger partial charge in [0.25, 0.3) is 0 Å². The highest BCUT2D eigenvalue weighted by Gasteiger charge is 2.08. The Balaban J connectivity index is 2.65. The van der Waals surface area contributed by atoms with Crippen LogP contribution in [0.2, 0.25) is 0 Å². The third-order valence-electron chi connectivity index (χ3n) is 2.13. The molecule has 0 saturated carbocycles. The molecule has 114 valence electrons. The van der Waals surface area contributed by atoms with Crippen molar-refractivity contribution in [3.05, 3.63) is 0 Å². The molecule has 0 aliphatic heterocycles. The van der Waals surface area contributed by atoms with Crippen LogP contribution in [-0.2, 0) is 4.74 Å². The number of rotatable bonds is 9. The van der Waals surface area contributed by atoms with E-state index in [2.05, 4.69) is 25.6 Å². The molecule has 0 atom stereocenters. The predicted octanol–water partition coefficient (Wildman–Crippen LogP) is 1.93. The fraction of sp³-hybridized carbons (Fsp3) is 0.769. The molecule has 1 aromatic rings. The maximum atomic E-state index is 5.51. The van der Waals surface area contributed by atoms with Gasteiger partial charge in [0.15, 0.2) is 0 Å². The second-order valence-electron chi connectivity index (χ2n) is 4.81. The van der Waals surface area contributed by atoms with Crippen molar-refractivity contribution >= 4 is 11.9 Å². The van der Waals surface area contributed by atoms with Crippen LogP contribution in [0.25, 0.3) is 0 Å². The third kappa shape index (κ3) is 6.51. The van der Waals surface area contributed by atoms with Crippen molar-refractivity contribution < 1.29 is 9.47 Å². The molecule has 0 aromatic carbocycles. The Morgan fingerprint density at radius 1 is 0.950 bits per heavy atom. The Bertz CT molecular complexity index is 398. The fourth-order valence-electron chi connectivity index (χ4n) is 1.39. The van der Waals surface area contributed by atoms with Gasteiger partial charge < -0.3 is 20.1 Å². The summed E-state index contributed by atoms with van der Waals surface area (Å²) in [5.41, 5.74) is 0. The standard InChI is InChI=1S/C13H25N5O2/c1-6-14-11-16-12(15-7-8-19-9(2)3)18-13(17-11)20-10(4)5/h9-10H,6-8H2,1-5H3,(H2,14,15,16,17,18). The lowest BCUT2D eigenvalue weighted by Crippen LogP contribution is -2.17. The summed E-state index contributed by atoms with van der Waals surface area (Å²) >= 11 is 0. The number of hydrogen-bond donors (Lipinski definition) is 2. The summed E-state index contributed by atoms with van der Waals surface area (Å²) in [4.78, 5) is 12.7. The van der Waals surface area contributed by atoms with E-state index in [0.717, 1.165) is 6.54 Å². The molecule has 0 aliphatic carbocycles. The summed E-state index contributed by atoms with van der Waals surface area (Å²) in [5.74, 6) is 0.990. The first-order valence-electron chi connectivity index (χ1n) is 7.03. The van der Waals surface area contributed by atoms with E-state index in [1.165, 1.54) is 0 Å². The van der Waals surface area contributed by atoms with Gasteiger partial charge in [-0.05, 0) is 34.6 Å². The van der Waals surface area contributed by atoms with Crippen molar-refractivity contribution in [3.8, 4) is 6.01 Å². The molecule has 0 radical (unpaired) electrons. The lowest BCUT2D eigenvalue weighted by atomic mass is 10.5. The van der Waals surface area contributed by atoms with Crippen molar-refractivity contribution in [3.63, 3.8) is 0 Å². The number of ether oxygens (including phenoxy) is 2. The van der Waals surface area contributed by atoms with Crippen molar-refractivity contribution in [1.82, 2.24) is 15.0 Å². The van der Waals surface area contributed by atoms with Crippen molar-refractivity contribution in [1.29, 1.82) is 0 Å².